The molecule has 3 heterocycles. The molecular formula is C26H21F2N5O2S. The number of pyridine rings is 2. The quantitative estimate of drug-likeness (QED) is 0.399. The average Bonchev–Trinajstić information content (AvgIpc) is 2.84. The van der Waals surface area contributed by atoms with Gasteiger partial charge in [-0.15, -0.1) is 0 Å². The number of aryl methyl sites for hydroxylation is 3. The van der Waals surface area contributed by atoms with Gasteiger partial charge in [0, 0.05) is 35.3 Å². The molecule has 4 aromatic rings. The first-order chi connectivity index (χ1) is 17.2. The van der Waals surface area contributed by atoms with Crippen LogP contribution in [-0.2, 0) is 16.4 Å². The van der Waals surface area contributed by atoms with E-state index >= 15 is 0 Å². The summed E-state index contributed by atoms with van der Waals surface area (Å²) >= 11 is 0. The Bertz CT molecular complexity index is 1630. The number of hydrogen-bond donors (Lipinski definition) is 1. The summed E-state index contributed by atoms with van der Waals surface area (Å²) in [5.74, 6) is 4.04. The number of anilines is 1. The maximum Gasteiger partial charge on any atom is 0.264 e. The van der Waals surface area contributed by atoms with Gasteiger partial charge in [0.05, 0.1) is 28.3 Å². The van der Waals surface area contributed by atoms with Crippen LogP contribution in [0.1, 0.15) is 35.1 Å². The molecule has 0 aliphatic rings. The second-order valence-electron chi connectivity index (χ2n) is 7.87. The smallest absolute Gasteiger partial charge is 0.264 e. The zero-order chi connectivity index (χ0) is 25.9. The van der Waals surface area contributed by atoms with Gasteiger partial charge in [-0.2, -0.15) is 0 Å². The third-order valence-corrected chi connectivity index (χ3v) is 6.68. The van der Waals surface area contributed by atoms with E-state index in [4.69, 9.17) is 0 Å². The molecule has 0 amide bonds. The van der Waals surface area contributed by atoms with Gasteiger partial charge in [0.25, 0.3) is 10.0 Å². The van der Waals surface area contributed by atoms with Gasteiger partial charge >= 0.3 is 0 Å². The van der Waals surface area contributed by atoms with Gasteiger partial charge in [-0.3, -0.25) is 14.7 Å². The lowest BCUT2D eigenvalue weighted by atomic mass is 10.0. The Balaban J connectivity index is 1.72. The standard InChI is InChI=1S/C26H21F2N5O2S/c1-4-23-21(26(32-15-31-23)19-9-10-29-16(2)11-19)7-5-18-12-24(17(3)30-14-18)33-36(34,35)25-8-6-20(27)13-22(25)28/h6,8-15,33H,4H2,1-3H3. The fourth-order valence-electron chi connectivity index (χ4n) is 3.47. The van der Waals surface area contributed by atoms with Crippen molar-refractivity contribution in [3.8, 4) is 23.1 Å². The van der Waals surface area contributed by atoms with Crippen LogP contribution in [0.15, 0.2) is 60.0 Å². The first kappa shape index (κ1) is 24.9. The van der Waals surface area contributed by atoms with Crippen LogP contribution in [0.25, 0.3) is 11.3 Å². The van der Waals surface area contributed by atoms with Crippen molar-refractivity contribution in [3.63, 3.8) is 0 Å². The molecule has 0 aliphatic heterocycles. The molecule has 0 spiro atoms. The van der Waals surface area contributed by atoms with E-state index in [1.54, 1.807) is 13.1 Å². The van der Waals surface area contributed by atoms with Crippen molar-refractivity contribution in [2.75, 3.05) is 4.72 Å². The fourth-order valence-corrected chi connectivity index (χ4v) is 4.63. The van der Waals surface area contributed by atoms with Crippen molar-refractivity contribution in [3.05, 3.63) is 95.0 Å². The van der Waals surface area contributed by atoms with Gasteiger partial charge in [0.15, 0.2) is 0 Å². The Kier molecular flexibility index (Phi) is 7.03. The van der Waals surface area contributed by atoms with Crippen LogP contribution in [0.4, 0.5) is 14.5 Å². The van der Waals surface area contributed by atoms with E-state index in [-0.39, 0.29) is 5.69 Å². The van der Waals surface area contributed by atoms with Crippen LogP contribution in [0.2, 0.25) is 0 Å². The average molecular weight is 506 g/mol. The first-order valence-corrected chi connectivity index (χ1v) is 12.4. The molecule has 0 aliphatic carbocycles. The van der Waals surface area contributed by atoms with Crippen LogP contribution in [0.5, 0.6) is 0 Å². The molecule has 1 N–H and O–H groups in total. The molecule has 4 rings (SSSR count). The van der Waals surface area contributed by atoms with Crippen LogP contribution in [-0.4, -0.2) is 28.4 Å². The largest absolute Gasteiger partial charge is 0.278 e. The van der Waals surface area contributed by atoms with Crippen molar-refractivity contribution < 1.29 is 17.2 Å². The number of aromatic nitrogens is 4. The summed E-state index contributed by atoms with van der Waals surface area (Å²) in [4.78, 5) is 16.5. The van der Waals surface area contributed by atoms with Gasteiger partial charge in [-0.25, -0.2) is 27.2 Å². The Labute approximate surface area is 207 Å². The number of nitrogens with one attached hydrogen (secondary N) is 1. The number of nitrogens with zero attached hydrogens (tertiary/aromatic N) is 4. The van der Waals surface area contributed by atoms with Crippen molar-refractivity contribution >= 4 is 15.7 Å². The minimum absolute atomic E-state index is 0.121. The summed E-state index contributed by atoms with van der Waals surface area (Å²) in [5, 5.41) is 0. The number of halogens is 2. The van der Waals surface area contributed by atoms with Crippen molar-refractivity contribution in [1.29, 1.82) is 0 Å². The molecule has 10 heteroatoms. The summed E-state index contributed by atoms with van der Waals surface area (Å²) in [6, 6.07) is 7.50. The van der Waals surface area contributed by atoms with E-state index in [2.05, 4.69) is 36.5 Å². The molecule has 0 saturated heterocycles. The van der Waals surface area contributed by atoms with E-state index in [9.17, 15) is 17.2 Å². The summed E-state index contributed by atoms with van der Waals surface area (Å²) in [7, 11) is -4.33. The third kappa shape index (κ3) is 5.37. The van der Waals surface area contributed by atoms with E-state index in [1.807, 2.05) is 26.0 Å². The minimum atomic E-state index is -4.33. The highest BCUT2D eigenvalue weighted by Gasteiger charge is 2.21. The van der Waals surface area contributed by atoms with Crippen LogP contribution >= 0.6 is 0 Å². The van der Waals surface area contributed by atoms with Gasteiger partial charge in [0.1, 0.15) is 22.9 Å². The number of rotatable bonds is 5. The van der Waals surface area contributed by atoms with Crippen LogP contribution < -0.4 is 4.72 Å². The summed E-state index contributed by atoms with van der Waals surface area (Å²) < 4.78 is 55.1. The predicted molar refractivity (Wildman–Crippen MR) is 131 cm³/mol. The fraction of sp³-hybridized carbons (Fsp3) is 0.154. The van der Waals surface area contributed by atoms with E-state index < -0.39 is 26.6 Å². The lowest BCUT2D eigenvalue weighted by molar-refractivity contribution is 0.551. The number of hydrogen-bond acceptors (Lipinski definition) is 6. The molecule has 36 heavy (non-hydrogen) atoms. The summed E-state index contributed by atoms with van der Waals surface area (Å²) in [5.41, 5.74) is 4.64. The number of benzene rings is 1. The van der Waals surface area contributed by atoms with Gasteiger partial charge in [0.2, 0.25) is 0 Å². The topological polar surface area (TPSA) is 97.7 Å². The Hall–Kier alpha value is -4.23. The molecular weight excluding hydrogens is 484 g/mol. The molecule has 1 aromatic carbocycles. The summed E-state index contributed by atoms with van der Waals surface area (Å²) in [6.07, 6.45) is 5.32. The van der Waals surface area contributed by atoms with Crippen LogP contribution in [0.3, 0.4) is 0 Å². The van der Waals surface area contributed by atoms with Crippen molar-refractivity contribution in [2.24, 2.45) is 0 Å². The van der Waals surface area contributed by atoms with E-state index in [1.165, 1.54) is 18.6 Å². The highest BCUT2D eigenvalue weighted by molar-refractivity contribution is 7.92. The summed E-state index contributed by atoms with van der Waals surface area (Å²) in [6.45, 7) is 5.44. The molecule has 0 fully saturated rings. The molecule has 182 valence electrons. The second-order valence-corrected chi connectivity index (χ2v) is 9.52. The lowest BCUT2D eigenvalue weighted by Gasteiger charge is -2.11. The Morgan fingerprint density at radius 2 is 1.78 bits per heavy atom. The Morgan fingerprint density at radius 3 is 2.50 bits per heavy atom. The molecule has 0 radical (unpaired) electrons. The van der Waals surface area contributed by atoms with Gasteiger partial charge in [-0.05, 0) is 50.6 Å². The Morgan fingerprint density at radius 1 is 0.972 bits per heavy atom. The number of sulfonamides is 1. The molecule has 0 bridgehead atoms. The second kappa shape index (κ2) is 10.2. The van der Waals surface area contributed by atoms with E-state index in [0.717, 1.165) is 29.1 Å². The lowest BCUT2D eigenvalue weighted by Crippen LogP contribution is -2.16. The highest BCUT2D eigenvalue weighted by atomic mass is 32.2. The van der Waals surface area contributed by atoms with E-state index in [0.29, 0.717) is 35.0 Å². The third-order valence-electron chi connectivity index (χ3n) is 5.28. The molecule has 0 atom stereocenters. The zero-order valence-corrected chi connectivity index (χ0v) is 20.5. The van der Waals surface area contributed by atoms with Crippen molar-refractivity contribution in [2.45, 2.75) is 32.1 Å². The maximum atomic E-state index is 14.1. The SMILES string of the molecule is CCc1ncnc(-c2ccnc(C)c2)c1C#Cc1cnc(C)c(NS(=O)(=O)c2ccc(F)cc2F)c1. The monoisotopic (exact) mass is 505 g/mol. The minimum Gasteiger partial charge on any atom is -0.278 e. The van der Waals surface area contributed by atoms with Crippen molar-refractivity contribution in [1.82, 2.24) is 19.9 Å². The molecule has 3 aromatic heterocycles. The maximum absolute atomic E-state index is 14.1. The van der Waals surface area contributed by atoms with Gasteiger partial charge in [-0.1, -0.05) is 18.8 Å². The first-order valence-electron chi connectivity index (χ1n) is 10.9. The van der Waals surface area contributed by atoms with Gasteiger partial charge < -0.3 is 0 Å². The zero-order valence-electron chi connectivity index (χ0n) is 19.7. The normalized spacial score (nSPS) is 11.0. The predicted octanol–water partition coefficient (Wildman–Crippen LogP) is 4.59. The molecule has 0 unspecified atom stereocenters. The molecule has 0 saturated carbocycles. The van der Waals surface area contributed by atoms with Crippen LogP contribution in [0, 0.1) is 37.3 Å². The highest BCUT2D eigenvalue weighted by Crippen LogP contribution is 2.24. The molecule has 7 nitrogen and oxygen atoms in total.